The van der Waals surface area contributed by atoms with Crippen molar-refractivity contribution in [3.05, 3.63) is 23.5 Å². The number of sulfonamides is 1. The molecule has 5 nitrogen and oxygen atoms in total. The van der Waals surface area contributed by atoms with E-state index < -0.39 is 15.8 Å². The summed E-state index contributed by atoms with van der Waals surface area (Å²) in [4.78, 5) is 1.96. The van der Waals surface area contributed by atoms with E-state index in [1.54, 1.807) is 0 Å². The number of nitrogens with two attached hydrogens (primary N) is 1. The van der Waals surface area contributed by atoms with Crippen molar-refractivity contribution in [3.8, 4) is 0 Å². The number of nitrogen functional groups attached to an aromatic ring is 1. The number of rotatable bonds is 5. The molecule has 3 N–H and O–H groups in total. The normalized spacial score (nSPS) is 17.8. The van der Waals surface area contributed by atoms with Gasteiger partial charge in [-0.3, -0.25) is 0 Å². The Labute approximate surface area is 125 Å². The molecule has 0 bridgehead atoms. The summed E-state index contributed by atoms with van der Waals surface area (Å²) >= 11 is 0. The third kappa shape index (κ3) is 3.04. The van der Waals surface area contributed by atoms with Crippen LogP contribution in [0.15, 0.2) is 17.0 Å². The lowest BCUT2D eigenvalue weighted by Gasteiger charge is -2.47. The first-order valence-electron chi connectivity index (χ1n) is 6.91. The fraction of sp³-hybridized carbons (Fsp3) is 0.571. The van der Waals surface area contributed by atoms with Crippen molar-refractivity contribution in [3.63, 3.8) is 0 Å². The van der Waals surface area contributed by atoms with Crippen LogP contribution in [-0.4, -0.2) is 39.5 Å². The van der Waals surface area contributed by atoms with Crippen molar-refractivity contribution >= 4 is 15.7 Å². The van der Waals surface area contributed by atoms with Gasteiger partial charge in [-0.2, -0.15) is 0 Å². The molecule has 118 valence electrons. The molecule has 1 aromatic rings. The van der Waals surface area contributed by atoms with E-state index in [1.807, 2.05) is 19.0 Å². The molecule has 0 spiro atoms. The number of anilines is 1. The zero-order chi connectivity index (χ0) is 15.8. The Morgan fingerprint density at radius 1 is 1.38 bits per heavy atom. The van der Waals surface area contributed by atoms with Gasteiger partial charge in [0, 0.05) is 23.3 Å². The lowest BCUT2D eigenvalue weighted by Crippen LogP contribution is -2.57. The van der Waals surface area contributed by atoms with Gasteiger partial charge in [-0.25, -0.2) is 17.5 Å². The molecule has 2 rings (SSSR count). The monoisotopic (exact) mass is 315 g/mol. The zero-order valence-electron chi connectivity index (χ0n) is 12.6. The summed E-state index contributed by atoms with van der Waals surface area (Å²) in [5.74, 6) is -0.610. The highest BCUT2D eigenvalue weighted by molar-refractivity contribution is 7.89. The second-order valence-electron chi connectivity index (χ2n) is 5.92. The van der Waals surface area contributed by atoms with Gasteiger partial charge in [0.25, 0.3) is 0 Å². The van der Waals surface area contributed by atoms with Crippen molar-refractivity contribution < 1.29 is 12.8 Å². The first-order chi connectivity index (χ1) is 9.68. The van der Waals surface area contributed by atoms with Crippen LogP contribution >= 0.6 is 0 Å². The fourth-order valence-electron chi connectivity index (χ4n) is 2.63. The van der Waals surface area contributed by atoms with Gasteiger partial charge in [-0.05, 0) is 52.4 Å². The van der Waals surface area contributed by atoms with Crippen LogP contribution in [0, 0.1) is 12.7 Å². The molecule has 0 heterocycles. The van der Waals surface area contributed by atoms with Gasteiger partial charge in [-0.15, -0.1) is 0 Å². The molecule has 0 saturated heterocycles. The third-order valence-corrected chi connectivity index (χ3v) is 5.96. The maximum Gasteiger partial charge on any atom is 0.241 e. The van der Waals surface area contributed by atoms with Gasteiger partial charge in [0.15, 0.2) is 0 Å². The molecular weight excluding hydrogens is 293 g/mol. The Kier molecular flexibility index (Phi) is 4.28. The van der Waals surface area contributed by atoms with E-state index in [1.165, 1.54) is 13.0 Å². The zero-order valence-corrected chi connectivity index (χ0v) is 13.4. The molecule has 21 heavy (non-hydrogen) atoms. The van der Waals surface area contributed by atoms with E-state index in [-0.39, 0.29) is 21.7 Å². The molecule has 0 aromatic heterocycles. The molecule has 0 atom stereocenters. The first kappa shape index (κ1) is 16.2. The summed E-state index contributed by atoms with van der Waals surface area (Å²) in [6.07, 6.45) is 2.99. The number of hydrogen-bond acceptors (Lipinski definition) is 4. The van der Waals surface area contributed by atoms with Crippen LogP contribution in [0.3, 0.4) is 0 Å². The molecule has 1 aromatic carbocycles. The summed E-state index contributed by atoms with van der Waals surface area (Å²) < 4.78 is 41.1. The quantitative estimate of drug-likeness (QED) is 0.807. The number of likely N-dealkylation sites (N-methyl/N-ethyl adjacent to an activating group) is 1. The van der Waals surface area contributed by atoms with E-state index in [2.05, 4.69) is 4.72 Å². The summed E-state index contributed by atoms with van der Waals surface area (Å²) in [5.41, 5.74) is 5.60. The van der Waals surface area contributed by atoms with Crippen molar-refractivity contribution in [2.45, 2.75) is 36.6 Å². The molecule has 0 aliphatic heterocycles. The lowest BCUT2D eigenvalue weighted by atomic mass is 9.76. The Morgan fingerprint density at radius 3 is 2.48 bits per heavy atom. The molecule has 7 heteroatoms. The van der Waals surface area contributed by atoms with Crippen molar-refractivity contribution in [1.29, 1.82) is 0 Å². The summed E-state index contributed by atoms with van der Waals surface area (Å²) in [5, 5.41) is 0. The van der Waals surface area contributed by atoms with Gasteiger partial charge >= 0.3 is 0 Å². The average molecular weight is 315 g/mol. The van der Waals surface area contributed by atoms with Gasteiger partial charge in [0.1, 0.15) is 5.82 Å². The predicted octanol–water partition coefficient (Wildman–Crippen LogP) is 1.48. The van der Waals surface area contributed by atoms with Crippen LogP contribution in [0.25, 0.3) is 0 Å². The largest absolute Gasteiger partial charge is 0.399 e. The average Bonchev–Trinajstić information content (AvgIpc) is 2.31. The number of nitrogens with zero attached hydrogens (tertiary/aromatic N) is 1. The van der Waals surface area contributed by atoms with Crippen LogP contribution in [0.1, 0.15) is 24.8 Å². The number of hydrogen-bond donors (Lipinski definition) is 2. The first-order valence-corrected chi connectivity index (χ1v) is 8.39. The SMILES string of the molecule is Cc1c(F)cc(N)cc1S(=O)(=O)NCC1(N(C)C)CCC1. The second-order valence-corrected chi connectivity index (χ2v) is 7.66. The Hall–Kier alpha value is -1.18. The van der Waals surface area contributed by atoms with E-state index >= 15 is 0 Å². The molecule has 1 saturated carbocycles. The minimum atomic E-state index is -3.78. The number of halogens is 1. The molecule has 1 fully saturated rings. The minimum Gasteiger partial charge on any atom is -0.399 e. The van der Waals surface area contributed by atoms with E-state index in [4.69, 9.17) is 5.73 Å². The summed E-state index contributed by atoms with van der Waals surface area (Å²) in [6.45, 7) is 1.76. The standard InChI is InChI=1S/C14H22FN3O2S/c1-10-12(15)7-11(16)8-13(10)21(19,20)17-9-14(18(2)3)5-4-6-14/h7-8,17H,4-6,9,16H2,1-3H3. The Morgan fingerprint density at radius 2 is 2.00 bits per heavy atom. The molecule has 0 radical (unpaired) electrons. The van der Waals surface area contributed by atoms with Crippen LogP contribution in [0.4, 0.5) is 10.1 Å². The maximum absolute atomic E-state index is 13.7. The highest BCUT2D eigenvalue weighted by Crippen LogP contribution is 2.35. The van der Waals surface area contributed by atoms with Crippen LogP contribution in [0.2, 0.25) is 0 Å². The van der Waals surface area contributed by atoms with Crippen LogP contribution in [0.5, 0.6) is 0 Å². The van der Waals surface area contributed by atoms with Crippen molar-refractivity contribution in [2.75, 3.05) is 26.4 Å². The molecule has 1 aliphatic carbocycles. The topological polar surface area (TPSA) is 75.4 Å². The van der Waals surface area contributed by atoms with Gasteiger partial charge in [-0.1, -0.05) is 0 Å². The molecular formula is C14H22FN3O2S. The minimum absolute atomic E-state index is 0.0872. The smallest absolute Gasteiger partial charge is 0.241 e. The van der Waals surface area contributed by atoms with Gasteiger partial charge in [0.05, 0.1) is 4.90 Å². The highest BCUT2D eigenvalue weighted by Gasteiger charge is 2.40. The van der Waals surface area contributed by atoms with Crippen LogP contribution < -0.4 is 10.5 Å². The number of nitrogens with one attached hydrogen (secondary N) is 1. The summed E-state index contributed by atoms with van der Waals surface area (Å²) in [6, 6.07) is 2.42. The maximum atomic E-state index is 13.7. The van der Waals surface area contributed by atoms with E-state index in [9.17, 15) is 12.8 Å². The Balaban J connectivity index is 2.24. The van der Waals surface area contributed by atoms with Crippen LogP contribution in [-0.2, 0) is 10.0 Å². The summed E-state index contributed by atoms with van der Waals surface area (Å²) in [7, 11) is 0.111. The van der Waals surface area contributed by atoms with Gasteiger partial charge < -0.3 is 10.6 Å². The van der Waals surface area contributed by atoms with E-state index in [0.717, 1.165) is 25.3 Å². The Bertz CT molecular complexity index is 640. The molecule has 0 amide bonds. The fourth-order valence-corrected chi connectivity index (χ4v) is 4.03. The molecule has 0 unspecified atom stereocenters. The third-order valence-electron chi connectivity index (χ3n) is 4.43. The van der Waals surface area contributed by atoms with Gasteiger partial charge in [0.2, 0.25) is 10.0 Å². The molecule has 1 aliphatic rings. The van der Waals surface area contributed by atoms with Crippen molar-refractivity contribution in [1.82, 2.24) is 9.62 Å². The second kappa shape index (κ2) is 5.55. The van der Waals surface area contributed by atoms with E-state index in [0.29, 0.717) is 6.54 Å². The predicted molar refractivity (Wildman–Crippen MR) is 81.0 cm³/mol. The highest BCUT2D eigenvalue weighted by atomic mass is 32.2. The lowest BCUT2D eigenvalue weighted by molar-refractivity contribution is 0.0657. The van der Waals surface area contributed by atoms with Crippen molar-refractivity contribution in [2.24, 2.45) is 0 Å². The number of benzene rings is 1.